The lowest BCUT2D eigenvalue weighted by Gasteiger charge is -2.01. The van der Waals surface area contributed by atoms with E-state index in [1.165, 1.54) is 10.9 Å². The lowest BCUT2D eigenvalue weighted by atomic mass is 10.3. The number of nitrogens with two attached hydrogens (primary N) is 1. The zero-order valence-electron chi connectivity index (χ0n) is 10.2. The summed E-state index contributed by atoms with van der Waals surface area (Å²) in [6.07, 6.45) is 4.55. The third kappa shape index (κ3) is 2.94. The predicted molar refractivity (Wildman–Crippen MR) is 73.2 cm³/mol. The maximum Gasteiger partial charge on any atom is 0.341 e. The van der Waals surface area contributed by atoms with Gasteiger partial charge in [0.15, 0.2) is 5.82 Å². The van der Waals surface area contributed by atoms with Gasteiger partial charge >= 0.3 is 5.97 Å². The molecule has 0 fully saturated rings. The van der Waals surface area contributed by atoms with E-state index in [4.69, 9.17) is 22.7 Å². The highest BCUT2D eigenvalue weighted by atomic mass is 32.1. The largest absolute Gasteiger partial charge is 0.462 e. The number of hydrogen-bond acceptors (Lipinski definition) is 5. The Bertz CT molecular complexity index is 606. The molecule has 0 spiro atoms. The first-order chi connectivity index (χ1) is 9.11. The molecule has 0 amide bonds. The Morgan fingerprint density at radius 1 is 1.42 bits per heavy atom. The molecule has 7 heteroatoms. The Labute approximate surface area is 115 Å². The summed E-state index contributed by atoms with van der Waals surface area (Å²) in [7, 11) is 0. The van der Waals surface area contributed by atoms with Gasteiger partial charge in [0.2, 0.25) is 0 Å². The molecule has 2 rings (SSSR count). The van der Waals surface area contributed by atoms with Gasteiger partial charge in [-0.15, -0.1) is 0 Å². The molecule has 0 aliphatic rings. The van der Waals surface area contributed by atoms with E-state index < -0.39 is 5.97 Å². The number of carbonyl (C=O) groups is 1. The smallest absolute Gasteiger partial charge is 0.341 e. The molecule has 98 valence electrons. The van der Waals surface area contributed by atoms with E-state index in [0.717, 1.165) is 0 Å². The van der Waals surface area contributed by atoms with Crippen LogP contribution in [-0.4, -0.2) is 32.3 Å². The Kier molecular flexibility index (Phi) is 3.86. The number of thiocarbonyl (C=S) groups is 1. The number of hydrogen-bond donors (Lipinski definition) is 1. The van der Waals surface area contributed by atoms with Crippen molar-refractivity contribution < 1.29 is 9.53 Å². The number of pyridine rings is 1. The van der Waals surface area contributed by atoms with E-state index in [1.54, 1.807) is 31.5 Å². The maximum absolute atomic E-state index is 11.5. The number of aromatic nitrogens is 3. The Morgan fingerprint density at radius 2 is 2.21 bits per heavy atom. The molecule has 2 N–H and O–H groups in total. The van der Waals surface area contributed by atoms with Crippen LogP contribution in [0.3, 0.4) is 0 Å². The van der Waals surface area contributed by atoms with Gasteiger partial charge in [0, 0.05) is 18.0 Å². The summed E-state index contributed by atoms with van der Waals surface area (Å²) in [5, 5.41) is 4.05. The van der Waals surface area contributed by atoms with E-state index >= 15 is 0 Å². The van der Waals surface area contributed by atoms with Crippen LogP contribution in [0.25, 0.3) is 5.82 Å². The van der Waals surface area contributed by atoms with Crippen molar-refractivity contribution in [1.82, 2.24) is 14.8 Å². The highest BCUT2D eigenvalue weighted by Crippen LogP contribution is 2.08. The average Bonchev–Trinajstić information content (AvgIpc) is 2.89. The van der Waals surface area contributed by atoms with Crippen LogP contribution < -0.4 is 5.73 Å². The van der Waals surface area contributed by atoms with E-state index in [-0.39, 0.29) is 4.99 Å². The third-order valence-electron chi connectivity index (χ3n) is 2.36. The highest BCUT2D eigenvalue weighted by Gasteiger charge is 2.10. The van der Waals surface area contributed by atoms with E-state index in [2.05, 4.69) is 10.1 Å². The van der Waals surface area contributed by atoms with Crippen molar-refractivity contribution in [3.63, 3.8) is 0 Å². The number of rotatable bonds is 4. The summed E-state index contributed by atoms with van der Waals surface area (Å²) in [5.74, 6) is 0.157. The van der Waals surface area contributed by atoms with Crippen LogP contribution in [0.4, 0.5) is 0 Å². The Hall–Kier alpha value is -2.28. The molecular formula is C12H12N4O2S. The number of carbonyl (C=O) groups excluding carboxylic acids is 1. The van der Waals surface area contributed by atoms with Crippen molar-refractivity contribution in [3.8, 4) is 5.82 Å². The summed E-state index contributed by atoms with van der Waals surface area (Å²) in [5.41, 5.74) is 6.54. The standard InChI is InChI=1S/C12H12N4O2S/c1-2-18-12(17)9-6-15-16(7-9)10-4-3-8(5-14-10)11(13)19/h3-7H,2H2,1H3,(H2,13,19). The van der Waals surface area contributed by atoms with Crippen LogP contribution in [0.5, 0.6) is 0 Å². The zero-order valence-corrected chi connectivity index (χ0v) is 11.1. The van der Waals surface area contributed by atoms with Crippen LogP contribution in [0.2, 0.25) is 0 Å². The summed E-state index contributed by atoms with van der Waals surface area (Å²) in [4.78, 5) is 16.0. The first kappa shape index (κ1) is 13.2. The molecule has 0 radical (unpaired) electrons. The number of nitrogens with zero attached hydrogens (tertiary/aromatic N) is 3. The van der Waals surface area contributed by atoms with Gasteiger partial charge in [-0.1, -0.05) is 12.2 Å². The van der Waals surface area contributed by atoms with Gasteiger partial charge in [0.1, 0.15) is 4.99 Å². The summed E-state index contributed by atoms with van der Waals surface area (Å²) >= 11 is 4.84. The molecule has 0 unspecified atom stereocenters. The van der Waals surface area contributed by atoms with Gasteiger partial charge in [-0.05, 0) is 19.1 Å². The monoisotopic (exact) mass is 276 g/mol. The molecule has 2 aromatic heterocycles. The van der Waals surface area contributed by atoms with Crippen LogP contribution in [0.15, 0.2) is 30.7 Å². The summed E-state index contributed by atoms with van der Waals surface area (Å²) < 4.78 is 6.36. The van der Waals surface area contributed by atoms with Crippen LogP contribution in [0.1, 0.15) is 22.8 Å². The van der Waals surface area contributed by atoms with Gasteiger partial charge in [-0.3, -0.25) is 0 Å². The number of esters is 1. The van der Waals surface area contributed by atoms with Gasteiger partial charge < -0.3 is 10.5 Å². The normalized spacial score (nSPS) is 10.2. The van der Waals surface area contributed by atoms with Gasteiger partial charge in [0.05, 0.1) is 18.4 Å². The molecule has 19 heavy (non-hydrogen) atoms. The minimum absolute atomic E-state index is 0.284. The molecule has 2 aromatic rings. The van der Waals surface area contributed by atoms with Gasteiger partial charge in [-0.25, -0.2) is 14.5 Å². The third-order valence-corrected chi connectivity index (χ3v) is 2.60. The molecule has 0 saturated carbocycles. The molecule has 6 nitrogen and oxygen atoms in total. The second-order valence-corrected chi connectivity index (χ2v) is 4.10. The van der Waals surface area contributed by atoms with Crippen molar-refractivity contribution in [3.05, 3.63) is 41.9 Å². The zero-order chi connectivity index (χ0) is 13.8. The lowest BCUT2D eigenvalue weighted by molar-refractivity contribution is 0.0526. The van der Waals surface area contributed by atoms with Crippen LogP contribution >= 0.6 is 12.2 Å². The fraction of sp³-hybridized carbons (Fsp3) is 0.167. The quantitative estimate of drug-likeness (QED) is 0.664. The van der Waals surface area contributed by atoms with E-state index in [0.29, 0.717) is 23.6 Å². The minimum Gasteiger partial charge on any atom is -0.462 e. The fourth-order valence-electron chi connectivity index (χ4n) is 1.44. The van der Waals surface area contributed by atoms with Crippen molar-refractivity contribution in [2.24, 2.45) is 5.73 Å². The minimum atomic E-state index is -0.409. The molecule has 0 aliphatic heterocycles. The van der Waals surface area contributed by atoms with Crippen molar-refractivity contribution in [2.75, 3.05) is 6.61 Å². The van der Waals surface area contributed by atoms with Gasteiger partial charge in [-0.2, -0.15) is 5.10 Å². The lowest BCUT2D eigenvalue weighted by Crippen LogP contribution is -2.10. The summed E-state index contributed by atoms with van der Waals surface area (Å²) in [6, 6.07) is 3.47. The van der Waals surface area contributed by atoms with Crippen molar-refractivity contribution in [1.29, 1.82) is 0 Å². The van der Waals surface area contributed by atoms with Crippen molar-refractivity contribution in [2.45, 2.75) is 6.92 Å². The Morgan fingerprint density at radius 3 is 2.79 bits per heavy atom. The van der Waals surface area contributed by atoms with E-state index in [1.807, 2.05) is 0 Å². The predicted octanol–water partition coefficient (Wildman–Crippen LogP) is 1.08. The fourth-order valence-corrected chi connectivity index (χ4v) is 1.56. The summed E-state index contributed by atoms with van der Waals surface area (Å²) in [6.45, 7) is 2.07. The topological polar surface area (TPSA) is 83.0 Å². The highest BCUT2D eigenvalue weighted by molar-refractivity contribution is 7.80. The second-order valence-electron chi connectivity index (χ2n) is 3.66. The van der Waals surface area contributed by atoms with Crippen LogP contribution in [0, 0.1) is 0 Å². The molecule has 0 aliphatic carbocycles. The van der Waals surface area contributed by atoms with Crippen molar-refractivity contribution >= 4 is 23.2 Å². The maximum atomic E-state index is 11.5. The molecular weight excluding hydrogens is 264 g/mol. The first-order valence-electron chi connectivity index (χ1n) is 5.60. The van der Waals surface area contributed by atoms with Crippen LogP contribution in [-0.2, 0) is 4.74 Å². The second kappa shape index (κ2) is 5.57. The Balaban J connectivity index is 2.23. The SMILES string of the molecule is CCOC(=O)c1cnn(-c2ccc(C(N)=S)cn2)c1. The average molecular weight is 276 g/mol. The molecule has 0 bridgehead atoms. The first-order valence-corrected chi connectivity index (χ1v) is 6.00. The molecule has 0 aromatic carbocycles. The van der Waals surface area contributed by atoms with E-state index in [9.17, 15) is 4.79 Å². The molecule has 2 heterocycles. The number of ether oxygens (including phenoxy) is 1. The van der Waals surface area contributed by atoms with Gasteiger partial charge in [0.25, 0.3) is 0 Å². The molecule has 0 saturated heterocycles. The molecule has 0 atom stereocenters.